The number of anilines is 2. The highest BCUT2D eigenvalue weighted by atomic mass is 19.1. The smallest absolute Gasteiger partial charge is 0.322 e. The summed E-state index contributed by atoms with van der Waals surface area (Å²) in [5, 5.41) is 28.2. The van der Waals surface area contributed by atoms with E-state index in [4.69, 9.17) is 0 Å². The molecule has 190 valence electrons. The van der Waals surface area contributed by atoms with Crippen molar-refractivity contribution in [2.75, 3.05) is 17.2 Å². The molecule has 1 saturated heterocycles. The van der Waals surface area contributed by atoms with Crippen LogP contribution in [0.2, 0.25) is 0 Å². The predicted octanol–water partition coefficient (Wildman–Crippen LogP) is 4.06. The van der Waals surface area contributed by atoms with Crippen LogP contribution in [0.4, 0.5) is 20.7 Å². The van der Waals surface area contributed by atoms with E-state index in [1.807, 2.05) is 25.1 Å². The molecule has 0 aliphatic carbocycles. The van der Waals surface area contributed by atoms with Crippen molar-refractivity contribution in [3.63, 3.8) is 0 Å². The molecule has 1 fully saturated rings. The van der Waals surface area contributed by atoms with E-state index in [9.17, 15) is 24.2 Å². The molecule has 0 bridgehead atoms. The molecule has 0 spiro atoms. The van der Waals surface area contributed by atoms with Gasteiger partial charge in [-0.25, -0.2) is 13.9 Å². The maximum atomic E-state index is 14.4. The molecule has 36 heavy (non-hydrogen) atoms. The number of carbonyl (C=O) groups is 2. The van der Waals surface area contributed by atoms with Gasteiger partial charge in [0.15, 0.2) is 12.1 Å². The van der Waals surface area contributed by atoms with Crippen LogP contribution in [0.3, 0.4) is 0 Å². The van der Waals surface area contributed by atoms with Gasteiger partial charge in [0.05, 0.1) is 0 Å². The second-order valence-corrected chi connectivity index (χ2v) is 9.23. The minimum absolute atomic E-state index is 0.0163. The molecule has 2 heterocycles. The average molecular weight is 496 g/mol. The highest BCUT2D eigenvalue weighted by Gasteiger charge is 2.34. The van der Waals surface area contributed by atoms with Crippen molar-refractivity contribution in [3.05, 3.63) is 71.2 Å². The molecular weight excluding hydrogens is 465 g/mol. The molecule has 2 aromatic carbocycles. The minimum atomic E-state index is -1.78. The number of benzene rings is 2. The number of aliphatic hydroxyl groups is 2. The lowest BCUT2D eigenvalue weighted by molar-refractivity contribution is -0.119. The van der Waals surface area contributed by atoms with Crippen LogP contribution < -0.4 is 10.6 Å². The third-order valence-corrected chi connectivity index (χ3v) is 6.32. The Morgan fingerprint density at radius 2 is 1.89 bits per heavy atom. The third-order valence-electron chi connectivity index (χ3n) is 6.32. The number of nitrogens with zero attached hydrogens (tertiary/aromatic N) is 3. The van der Waals surface area contributed by atoms with E-state index in [2.05, 4.69) is 29.6 Å². The van der Waals surface area contributed by atoms with Crippen LogP contribution in [-0.2, 0) is 4.79 Å². The van der Waals surface area contributed by atoms with Crippen molar-refractivity contribution in [1.29, 1.82) is 0 Å². The molecule has 9 nitrogen and oxygen atoms in total. The summed E-state index contributed by atoms with van der Waals surface area (Å²) in [6.07, 6.45) is 0.909. The van der Waals surface area contributed by atoms with Gasteiger partial charge in [0.25, 0.3) is 0 Å². The Hall–Kier alpha value is -3.76. The fourth-order valence-electron chi connectivity index (χ4n) is 4.48. The van der Waals surface area contributed by atoms with Crippen molar-refractivity contribution >= 4 is 23.4 Å². The quantitative estimate of drug-likeness (QED) is 0.385. The van der Waals surface area contributed by atoms with Crippen molar-refractivity contribution in [3.8, 4) is 5.69 Å². The lowest BCUT2D eigenvalue weighted by Gasteiger charge is -2.24. The van der Waals surface area contributed by atoms with Crippen LogP contribution in [0.25, 0.3) is 5.69 Å². The first-order valence-electron chi connectivity index (χ1n) is 11.8. The molecule has 0 radical (unpaired) electrons. The zero-order valence-electron chi connectivity index (χ0n) is 20.4. The van der Waals surface area contributed by atoms with Crippen molar-refractivity contribution in [2.45, 2.75) is 51.9 Å². The van der Waals surface area contributed by atoms with Crippen molar-refractivity contribution in [2.24, 2.45) is 0 Å². The Morgan fingerprint density at radius 1 is 1.11 bits per heavy atom. The number of aromatic nitrogens is 2. The Balaban J connectivity index is 1.42. The van der Waals surface area contributed by atoms with E-state index in [0.29, 0.717) is 31.0 Å². The lowest BCUT2D eigenvalue weighted by Crippen LogP contribution is -2.45. The summed E-state index contributed by atoms with van der Waals surface area (Å²) in [7, 11) is 0. The van der Waals surface area contributed by atoms with E-state index in [-0.39, 0.29) is 29.0 Å². The Kier molecular flexibility index (Phi) is 7.37. The lowest BCUT2D eigenvalue weighted by atomic mass is 9.98. The molecule has 1 aliphatic rings. The van der Waals surface area contributed by atoms with E-state index >= 15 is 0 Å². The highest BCUT2D eigenvalue weighted by Crippen LogP contribution is 2.25. The van der Waals surface area contributed by atoms with Gasteiger partial charge in [0, 0.05) is 30.1 Å². The number of rotatable bonds is 6. The fourth-order valence-corrected chi connectivity index (χ4v) is 4.48. The van der Waals surface area contributed by atoms with E-state index in [1.165, 1.54) is 39.5 Å². The number of hydrogen-bond donors (Lipinski definition) is 4. The number of aryl methyl sites for hydroxylation is 1. The maximum Gasteiger partial charge on any atom is 0.322 e. The molecular formula is C26H30FN5O4. The van der Waals surface area contributed by atoms with E-state index in [1.54, 1.807) is 0 Å². The SMILES string of the molecule is Cc1cc(NC(=O)N2CCC[C@@H]2C(=O)Nc2ccn(-c3ccc(C(O)O)cc3F)n2)ccc1C(C)C. The summed E-state index contributed by atoms with van der Waals surface area (Å²) in [5.41, 5.74) is 3.08. The molecule has 1 aromatic heterocycles. The van der Waals surface area contributed by atoms with Gasteiger partial charge >= 0.3 is 6.03 Å². The highest BCUT2D eigenvalue weighted by molar-refractivity contribution is 5.99. The summed E-state index contributed by atoms with van der Waals surface area (Å²) in [4.78, 5) is 27.4. The second kappa shape index (κ2) is 10.5. The molecule has 10 heteroatoms. The van der Waals surface area contributed by atoms with E-state index < -0.39 is 18.1 Å². The zero-order valence-corrected chi connectivity index (χ0v) is 20.4. The normalized spacial score (nSPS) is 15.6. The number of amides is 3. The number of halogens is 1. The van der Waals surface area contributed by atoms with Gasteiger partial charge in [-0.15, -0.1) is 5.10 Å². The number of nitrogens with one attached hydrogen (secondary N) is 2. The summed E-state index contributed by atoms with van der Waals surface area (Å²) >= 11 is 0. The standard InChI is InChI=1S/C26H30FN5O4/c1-15(2)19-8-7-18(13-16(19)3)28-26(36)31-11-4-5-22(31)24(33)29-23-10-12-32(30-23)21-9-6-17(25(34)35)14-20(21)27/h6-10,12-15,22,25,34-35H,4-5,11H2,1-3H3,(H,28,36)(H,29,30,33)/t22-/m1/s1. The minimum Gasteiger partial charge on any atom is -0.364 e. The Morgan fingerprint density at radius 3 is 2.56 bits per heavy atom. The topological polar surface area (TPSA) is 120 Å². The van der Waals surface area contributed by atoms with Crippen LogP contribution in [0.15, 0.2) is 48.7 Å². The molecule has 4 N–H and O–H groups in total. The second-order valence-electron chi connectivity index (χ2n) is 9.23. The van der Waals surface area contributed by atoms with Crippen LogP contribution in [0.5, 0.6) is 0 Å². The molecule has 3 amide bonds. The number of likely N-dealkylation sites (tertiary alicyclic amines) is 1. The monoisotopic (exact) mass is 495 g/mol. The largest absolute Gasteiger partial charge is 0.364 e. The van der Waals surface area contributed by atoms with Gasteiger partial charge in [-0.05, 0) is 61.1 Å². The summed E-state index contributed by atoms with van der Waals surface area (Å²) < 4.78 is 15.6. The predicted molar refractivity (Wildman–Crippen MR) is 133 cm³/mol. The first-order valence-corrected chi connectivity index (χ1v) is 11.8. The maximum absolute atomic E-state index is 14.4. The van der Waals surface area contributed by atoms with Crippen molar-refractivity contribution < 1.29 is 24.2 Å². The number of hydrogen-bond acceptors (Lipinski definition) is 5. The fraction of sp³-hybridized carbons (Fsp3) is 0.346. The van der Waals surface area contributed by atoms with Crippen molar-refractivity contribution in [1.82, 2.24) is 14.7 Å². The summed E-state index contributed by atoms with van der Waals surface area (Å²) in [6, 6.07) is 10.1. The summed E-state index contributed by atoms with van der Waals surface area (Å²) in [5.74, 6) is -0.484. The first-order chi connectivity index (χ1) is 17.1. The van der Waals surface area contributed by atoms with Gasteiger partial charge in [0.2, 0.25) is 5.91 Å². The van der Waals surface area contributed by atoms with Gasteiger partial charge in [0.1, 0.15) is 17.5 Å². The van der Waals surface area contributed by atoms with Crippen LogP contribution in [-0.4, -0.2) is 49.4 Å². The number of carbonyl (C=O) groups excluding carboxylic acids is 2. The third kappa shape index (κ3) is 5.39. The molecule has 1 aliphatic heterocycles. The Labute approximate surface area is 208 Å². The summed E-state index contributed by atoms with van der Waals surface area (Å²) in [6.45, 7) is 6.69. The zero-order chi connectivity index (χ0) is 26.0. The molecule has 1 atom stereocenters. The average Bonchev–Trinajstić information content (AvgIpc) is 3.48. The molecule has 3 aromatic rings. The van der Waals surface area contributed by atoms with Crippen LogP contribution in [0, 0.1) is 12.7 Å². The van der Waals surface area contributed by atoms with Gasteiger partial charge in [-0.1, -0.05) is 26.0 Å². The molecule has 4 rings (SSSR count). The number of aliphatic hydroxyl groups excluding tert-OH is 1. The van der Waals surface area contributed by atoms with Crippen LogP contribution in [0.1, 0.15) is 55.6 Å². The Bertz CT molecular complexity index is 1270. The van der Waals surface area contributed by atoms with Gasteiger partial charge in [-0.2, -0.15) is 0 Å². The van der Waals surface area contributed by atoms with Gasteiger partial charge < -0.3 is 25.7 Å². The molecule has 0 unspecified atom stereocenters. The van der Waals surface area contributed by atoms with Gasteiger partial charge in [-0.3, -0.25) is 4.79 Å². The number of urea groups is 1. The van der Waals surface area contributed by atoms with Crippen LogP contribution >= 0.6 is 0 Å². The molecule has 0 saturated carbocycles. The first kappa shape index (κ1) is 25.3. The van der Waals surface area contributed by atoms with E-state index in [0.717, 1.165) is 11.6 Å².